The fourth-order valence-electron chi connectivity index (χ4n) is 3.25. The van der Waals surface area contributed by atoms with Gasteiger partial charge in [0.05, 0.1) is 12.5 Å². The molecule has 132 valence electrons. The number of benzene rings is 2. The lowest BCUT2D eigenvalue weighted by atomic mass is 9.97. The van der Waals surface area contributed by atoms with Crippen molar-refractivity contribution in [3.05, 3.63) is 48.0 Å². The summed E-state index contributed by atoms with van der Waals surface area (Å²) in [6.45, 7) is 3.74. The molecule has 2 amide bonds. The third-order valence-electron chi connectivity index (χ3n) is 4.60. The number of likely N-dealkylation sites (tertiary alicyclic amines) is 1. The van der Waals surface area contributed by atoms with E-state index in [9.17, 15) is 9.59 Å². The smallest absolute Gasteiger partial charge is 0.409 e. The lowest BCUT2D eigenvalue weighted by Gasteiger charge is -2.31. The minimum atomic E-state index is -0.325. The maximum Gasteiger partial charge on any atom is 0.409 e. The molecule has 0 bridgehead atoms. The second kappa shape index (κ2) is 8.01. The Hall–Kier alpha value is -2.56. The van der Waals surface area contributed by atoms with E-state index >= 15 is 0 Å². The molecule has 2 aromatic carbocycles. The van der Waals surface area contributed by atoms with Crippen LogP contribution in [0.2, 0.25) is 0 Å². The van der Waals surface area contributed by atoms with Gasteiger partial charge in [0.15, 0.2) is 0 Å². The van der Waals surface area contributed by atoms with E-state index in [2.05, 4.69) is 29.6 Å². The fourth-order valence-corrected chi connectivity index (χ4v) is 3.25. The van der Waals surface area contributed by atoms with Crippen LogP contribution in [0.3, 0.4) is 0 Å². The lowest BCUT2D eigenvalue weighted by molar-refractivity contribution is -0.126. The summed E-state index contributed by atoms with van der Waals surface area (Å²) < 4.78 is 5.03. The Labute approximate surface area is 148 Å². The standard InChI is InChI=1S/C20H24N2O3/c1-2-25-20(24)22-11-5-8-18(14-22)19(23)21-13-15-9-10-16-6-3-4-7-17(16)12-15/h3-4,6-7,9-10,12,18H,2,5,8,11,13-14H2,1H3,(H,21,23). The third kappa shape index (κ3) is 4.29. The number of nitrogens with zero attached hydrogens (tertiary/aromatic N) is 1. The summed E-state index contributed by atoms with van der Waals surface area (Å²) in [4.78, 5) is 25.9. The van der Waals surface area contributed by atoms with Crippen LogP contribution < -0.4 is 5.32 Å². The number of carbonyl (C=O) groups is 2. The number of fused-ring (bicyclic) bond motifs is 1. The first kappa shape index (κ1) is 17.3. The van der Waals surface area contributed by atoms with Crippen molar-refractivity contribution in [1.29, 1.82) is 0 Å². The van der Waals surface area contributed by atoms with Crippen molar-refractivity contribution >= 4 is 22.8 Å². The summed E-state index contributed by atoms with van der Waals surface area (Å²) in [6.07, 6.45) is 1.31. The molecule has 5 heteroatoms. The van der Waals surface area contributed by atoms with Gasteiger partial charge in [-0.1, -0.05) is 36.4 Å². The first-order valence-electron chi connectivity index (χ1n) is 8.84. The van der Waals surface area contributed by atoms with Crippen molar-refractivity contribution in [3.8, 4) is 0 Å². The van der Waals surface area contributed by atoms with Crippen molar-refractivity contribution in [2.75, 3.05) is 19.7 Å². The van der Waals surface area contributed by atoms with Crippen LogP contribution in [0.1, 0.15) is 25.3 Å². The average Bonchev–Trinajstić information content (AvgIpc) is 2.66. The minimum Gasteiger partial charge on any atom is -0.450 e. The molecule has 1 N–H and O–H groups in total. The van der Waals surface area contributed by atoms with E-state index < -0.39 is 0 Å². The second-order valence-corrected chi connectivity index (χ2v) is 6.38. The summed E-state index contributed by atoms with van der Waals surface area (Å²) in [6, 6.07) is 14.4. The van der Waals surface area contributed by atoms with Gasteiger partial charge in [-0.15, -0.1) is 0 Å². The van der Waals surface area contributed by atoms with Crippen molar-refractivity contribution in [2.45, 2.75) is 26.3 Å². The van der Waals surface area contributed by atoms with E-state index in [0.29, 0.717) is 26.2 Å². The first-order chi connectivity index (χ1) is 12.2. The van der Waals surface area contributed by atoms with E-state index in [-0.39, 0.29) is 17.9 Å². The van der Waals surface area contributed by atoms with Crippen LogP contribution in [0.5, 0.6) is 0 Å². The van der Waals surface area contributed by atoms with Gasteiger partial charge in [-0.05, 0) is 42.2 Å². The zero-order chi connectivity index (χ0) is 17.6. The number of ether oxygens (including phenoxy) is 1. The van der Waals surface area contributed by atoms with Gasteiger partial charge in [-0.2, -0.15) is 0 Å². The van der Waals surface area contributed by atoms with E-state index in [1.54, 1.807) is 11.8 Å². The first-order valence-corrected chi connectivity index (χ1v) is 8.84. The summed E-state index contributed by atoms with van der Waals surface area (Å²) in [7, 11) is 0. The van der Waals surface area contributed by atoms with Gasteiger partial charge in [0.2, 0.25) is 5.91 Å². The summed E-state index contributed by atoms with van der Waals surface area (Å²) >= 11 is 0. The summed E-state index contributed by atoms with van der Waals surface area (Å²) in [5.74, 6) is -0.166. The molecule has 1 heterocycles. The monoisotopic (exact) mass is 340 g/mol. The Bertz CT molecular complexity index is 759. The van der Waals surface area contributed by atoms with Crippen LogP contribution in [0.15, 0.2) is 42.5 Å². The van der Waals surface area contributed by atoms with Crippen molar-refractivity contribution in [2.24, 2.45) is 5.92 Å². The van der Waals surface area contributed by atoms with Crippen molar-refractivity contribution in [3.63, 3.8) is 0 Å². The van der Waals surface area contributed by atoms with E-state index in [1.807, 2.05) is 18.2 Å². The fraction of sp³-hybridized carbons (Fsp3) is 0.400. The maximum atomic E-state index is 12.5. The highest BCUT2D eigenvalue weighted by Crippen LogP contribution is 2.19. The summed E-state index contributed by atoms with van der Waals surface area (Å²) in [5.41, 5.74) is 1.07. The predicted octanol–water partition coefficient (Wildman–Crippen LogP) is 3.32. The Kier molecular flexibility index (Phi) is 5.53. The number of nitrogens with one attached hydrogen (secondary N) is 1. The quantitative estimate of drug-likeness (QED) is 0.929. The lowest BCUT2D eigenvalue weighted by Crippen LogP contribution is -2.45. The maximum absolute atomic E-state index is 12.5. The number of amides is 2. The van der Waals surface area contributed by atoms with Gasteiger partial charge >= 0.3 is 6.09 Å². The SMILES string of the molecule is CCOC(=O)N1CCCC(C(=O)NCc2ccc3ccccc3c2)C1. The van der Waals surface area contributed by atoms with Gasteiger partial charge in [-0.3, -0.25) is 4.79 Å². The molecule has 0 spiro atoms. The van der Waals surface area contributed by atoms with Crippen molar-refractivity contribution < 1.29 is 14.3 Å². The highest BCUT2D eigenvalue weighted by Gasteiger charge is 2.28. The molecule has 1 aliphatic rings. The molecular weight excluding hydrogens is 316 g/mol. The molecule has 1 saturated heterocycles. The molecule has 1 fully saturated rings. The zero-order valence-electron chi connectivity index (χ0n) is 14.5. The molecule has 2 aromatic rings. The summed E-state index contributed by atoms with van der Waals surface area (Å²) in [5, 5.41) is 5.36. The Morgan fingerprint density at radius 3 is 2.80 bits per heavy atom. The van der Waals surface area contributed by atoms with Gasteiger partial charge < -0.3 is 15.0 Å². The molecule has 0 aliphatic carbocycles. The molecule has 3 rings (SSSR count). The molecule has 0 radical (unpaired) electrons. The third-order valence-corrected chi connectivity index (χ3v) is 4.60. The Morgan fingerprint density at radius 2 is 2.00 bits per heavy atom. The molecule has 5 nitrogen and oxygen atoms in total. The normalized spacial score (nSPS) is 17.3. The molecule has 1 aliphatic heterocycles. The van der Waals surface area contributed by atoms with Crippen LogP contribution in [0.25, 0.3) is 10.8 Å². The van der Waals surface area contributed by atoms with Crippen LogP contribution in [0, 0.1) is 5.92 Å². The highest BCUT2D eigenvalue weighted by molar-refractivity contribution is 5.83. The Morgan fingerprint density at radius 1 is 1.20 bits per heavy atom. The number of carbonyl (C=O) groups excluding carboxylic acids is 2. The van der Waals surface area contributed by atoms with Gasteiger partial charge in [0.1, 0.15) is 0 Å². The second-order valence-electron chi connectivity index (χ2n) is 6.38. The number of hydrogen-bond donors (Lipinski definition) is 1. The topological polar surface area (TPSA) is 58.6 Å². The van der Waals surface area contributed by atoms with E-state index in [1.165, 1.54) is 10.8 Å². The molecule has 1 atom stereocenters. The van der Waals surface area contributed by atoms with Crippen LogP contribution in [0.4, 0.5) is 4.79 Å². The molecular formula is C20H24N2O3. The van der Waals surface area contributed by atoms with E-state index in [4.69, 9.17) is 4.74 Å². The molecule has 0 aromatic heterocycles. The van der Waals surface area contributed by atoms with Crippen LogP contribution >= 0.6 is 0 Å². The molecule has 25 heavy (non-hydrogen) atoms. The largest absolute Gasteiger partial charge is 0.450 e. The molecule has 1 unspecified atom stereocenters. The minimum absolute atomic E-state index is 0.00200. The van der Waals surface area contributed by atoms with Gasteiger partial charge in [0.25, 0.3) is 0 Å². The van der Waals surface area contributed by atoms with Crippen LogP contribution in [-0.4, -0.2) is 36.6 Å². The van der Waals surface area contributed by atoms with Crippen molar-refractivity contribution in [1.82, 2.24) is 10.2 Å². The van der Waals surface area contributed by atoms with Crippen LogP contribution in [-0.2, 0) is 16.1 Å². The highest BCUT2D eigenvalue weighted by atomic mass is 16.6. The number of hydrogen-bond acceptors (Lipinski definition) is 3. The van der Waals surface area contributed by atoms with Gasteiger partial charge in [-0.25, -0.2) is 4.79 Å². The number of rotatable bonds is 4. The average molecular weight is 340 g/mol. The number of piperidine rings is 1. The van der Waals surface area contributed by atoms with Gasteiger partial charge in [0, 0.05) is 19.6 Å². The predicted molar refractivity (Wildman–Crippen MR) is 97.1 cm³/mol. The zero-order valence-corrected chi connectivity index (χ0v) is 14.5. The van der Waals surface area contributed by atoms with E-state index in [0.717, 1.165) is 18.4 Å². The molecule has 0 saturated carbocycles. The Balaban J connectivity index is 1.56.